The Hall–Kier alpha value is -2.97. The average Bonchev–Trinajstić information content (AvgIpc) is 2.78. The van der Waals surface area contributed by atoms with Crippen LogP contribution in [0.5, 0.6) is 5.75 Å². The molecular formula is C24H29N5O3. The fourth-order valence-corrected chi connectivity index (χ4v) is 4.55. The van der Waals surface area contributed by atoms with Crippen LogP contribution < -0.4 is 9.80 Å². The Labute approximate surface area is 187 Å². The number of aromatic hydroxyl groups is 1. The Balaban J connectivity index is 1.64. The first kappa shape index (κ1) is 20.9. The molecule has 8 nitrogen and oxygen atoms in total. The van der Waals surface area contributed by atoms with E-state index < -0.39 is 0 Å². The van der Waals surface area contributed by atoms with Crippen LogP contribution in [0.4, 0.5) is 11.8 Å². The average molecular weight is 436 g/mol. The van der Waals surface area contributed by atoms with Gasteiger partial charge < -0.3 is 24.4 Å². The van der Waals surface area contributed by atoms with Crippen molar-refractivity contribution in [3.63, 3.8) is 0 Å². The highest BCUT2D eigenvalue weighted by Crippen LogP contribution is 2.31. The van der Waals surface area contributed by atoms with Gasteiger partial charge in [0, 0.05) is 25.2 Å². The quantitative estimate of drug-likeness (QED) is 0.671. The van der Waals surface area contributed by atoms with E-state index in [2.05, 4.69) is 30.6 Å². The summed E-state index contributed by atoms with van der Waals surface area (Å²) >= 11 is 0. The van der Waals surface area contributed by atoms with Gasteiger partial charge >= 0.3 is 0 Å². The van der Waals surface area contributed by atoms with Crippen LogP contribution in [0.2, 0.25) is 0 Å². The molecule has 3 atom stereocenters. The first-order valence-corrected chi connectivity index (χ1v) is 11.2. The number of morpholine rings is 2. The molecule has 8 heteroatoms. The summed E-state index contributed by atoms with van der Waals surface area (Å²) in [6.07, 6.45) is 0.214. The second-order valence-corrected chi connectivity index (χ2v) is 8.74. The smallest absolute Gasteiger partial charge is 0.229 e. The third-order valence-corrected chi connectivity index (χ3v) is 6.01. The van der Waals surface area contributed by atoms with Crippen molar-refractivity contribution in [1.29, 1.82) is 0 Å². The molecule has 0 aliphatic carbocycles. The molecule has 1 aromatic carbocycles. The van der Waals surface area contributed by atoms with Crippen molar-refractivity contribution in [2.75, 3.05) is 42.6 Å². The van der Waals surface area contributed by atoms with Gasteiger partial charge in [0.1, 0.15) is 11.6 Å². The van der Waals surface area contributed by atoms with E-state index in [1.54, 1.807) is 12.1 Å². The van der Waals surface area contributed by atoms with Crippen LogP contribution in [0.25, 0.3) is 22.3 Å². The highest BCUT2D eigenvalue weighted by molar-refractivity contribution is 5.90. The molecule has 2 aliphatic rings. The van der Waals surface area contributed by atoms with E-state index in [1.807, 2.05) is 24.3 Å². The van der Waals surface area contributed by atoms with Crippen LogP contribution in [-0.4, -0.2) is 71.2 Å². The van der Waals surface area contributed by atoms with Gasteiger partial charge in [-0.05, 0) is 45.0 Å². The van der Waals surface area contributed by atoms with Gasteiger partial charge in [-0.3, -0.25) is 0 Å². The second kappa shape index (κ2) is 8.52. The molecule has 0 bridgehead atoms. The Morgan fingerprint density at radius 1 is 1.00 bits per heavy atom. The first-order chi connectivity index (χ1) is 15.5. The van der Waals surface area contributed by atoms with E-state index in [9.17, 15) is 5.11 Å². The van der Waals surface area contributed by atoms with Gasteiger partial charge in [0.15, 0.2) is 5.65 Å². The Morgan fingerprint density at radius 3 is 2.56 bits per heavy atom. The third kappa shape index (κ3) is 4.08. The minimum Gasteiger partial charge on any atom is -0.508 e. The van der Waals surface area contributed by atoms with Crippen LogP contribution >= 0.6 is 0 Å². The lowest BCUT2D eigenvalue weighted by atomic mass is 10.1. The van der Waals surface area contributed by atoms with E-state index in [-0.39, 0.29) is 24.0 Å². The van der Waals surface area contributed by atoms with Gasteiger partial charge in [0.2, 0.25) is 5.95 Å². The van der Waals surface area contributed by atoms with Crippen molar-refractivity contribution >= 4 is 22.8 Å². The molecular weight excluding hydrogens is 406 g/mol. The topological polar surface area (TPSA) is 83.8 Å². The number of hydrogen-bond acceptors (Lipinski definition) is 8. The fraction of sp³-hybridized carbons (Fsp3) is 0.458. The number of aromatic nitrogens is 3. The monoisotopic (exact) mass is 435 g/mol. The number of phenols is 1. The van der Waals surface area contributed by atoms with Crippen molar-refractivity contribution in [3.05, 3.63) is 36.4 Å². The minimum absolute atomic E-state index is 0.107. The number of hydrogen-bond donors (Lipinski definition) is 1. The zero-order valence-electron chi connectivity index (χ0n) is 18.7. The molecule has 0 saturated carbocycles. The molecule has 2 aromatic heterocycles. The molecule has 32 heavy (non-hydrogen) atoms. The summed E-state index contributed by atoms with van der Waals surface area (Å²) in [5.41, 5.74) is 2.26. The highest BCUT2D eigenvalue weighted by atomic mass is 16.5. The van der Waals surface area contributed by atoms with Crippen LogP contribution in [0.3, 0.4) is 0 Å². The van der Waals surface area contributed by atoms with Gasteiger partial charge in [0.25, 0.3) is 0 Å². The van der Waals surface area contributed by atoms with Gasteiger partial charge in [-0.25, -0.2) is 4.98 Å². The van der Waals surface area contributed by atoms with Crippen molar-refractivity contribution in [3.8, 4) is 17.0 Å². The number of pyridine rings is 1. The number of anilines is 2. The van der Waals surface area contributed by atoms with Crippen LogP contribution in [0.1, 0.15) is 20.8 Å². The van der Waals surface area contributed by atoms with E-state index >= 15 is 0 Å². The van der Waals surface area contributed by atoms with Gasteiger partial charge in [-0.1, -0.05) is 12.1 Å². The zero-order valence-corrected chi connectivity index (χ0v) is 18.7. The van der Waals surface area contributed by atoms with Crippen LogP contribution in [-0.2, 0) is 9.47 Å². The lowest BCUT2D eigenvalue weighted by Gasteiger charge is -2.37. The molecule has 168 valence electrons. The molecule has 1 N–H and O–H groups in total. The van der Waals surface area contributed by atoms with Crippen molar-refractivity contribution in [2.45, 2.75) is 39.0 Å². The fourth-order valence-electron chi connectivity index (χ4n) is 4.55. The van der Waals surface area contributed by atoms with Gasteiger partial charge in [-0.2, -0.15) is 9.97 Å². The summed E-state index contributed by atoms with van der Waals surface area (Å²) in [7, 11) is 0. The predicted octanol–water partition coefficient (Wildman–Crippen LogP) is 3.24. The molecule has 2 saturated heterocycles. The Morgan fingerprint density at radius 2 is 1.81 bits per heavy atom. The predicted molar refractivity (Wildman–Crippen MR) is 124 cm³/mol. The third-order valence-electron chi connectivity index (χ3n) is 6.01. The number of fused-ring (bicyclic) bond motifs is 1. The molecule has 0 spiro atoms. The van der Waals surface area contributed by atoms with Gasteiger partial charge in [-0.15, -0.1) is 0 Å². The summed E-state index contributed by atoms with van der Waals surface area (Å²) in [5, 5.41) is 10.8. The maximum Gasteiger partial charge on any atom is 0.229 e. The summed E-state index contributed by atoms with van der Waals surface area (Å²) < 4.78 is 11.6. The maximum atomic E-state index is 9.90. The maximum absolute atomic E-state index is 9.90. The van der Waals surface area contributed by atoms with Crippen molar-refractivity contribution in [1.82, 2.24) is 15.0 Å². The largest absolute Gasteiger partial charge is 0.508 e. The molecule has 5 rings (SSSR count). The molecule has 3 aromatic rings. The molecule has 2 aliphatic heterocycles. The van der Waals surface area contributed by atoms with Crippen LogP contribution in [0.15, 0.2) is 36.4 Å². The summed E-state index contributed by atoms with van der Waals surface area (Å²) in [6.45, 7) is 9.89. The summed E-state index contributed by atoms with van der Waals surface area (Å²) in [4.78, 5) is 19.3. The van der Waals surface area contributed by atoms with E-state index in [4.69, 9.17) is 24.4 Å². The zero-order chi connectivity index (χ0) is 22.2. The van der Waals surface area contributed by atoms with Crippen molar-refractivity contribution in [2.24, 2.45) is 0 Å². The Kier molecular flexibility index (Phi) is 5.57. The van der Waals surface area contributed by atoms with Crippen molar-refractivity contribution < 1.29 is 14.6 Å². The molecule has 0 radical (unpaired) electrons. The highest BCUT2D eigenvalue weighted by Gasteiger charge is 2.28. The lowest BCUT2D eigenvalue weighted by molar-refractivity contribution is -0.00570. The lowest BCUT2D eigenvalue weighted by Crippen LogP contribution is -2.47. The normalized spacial score (nSPS) is 24.2. The second-order valence-electron chi connectivity index (χ2n) is 8.74. The summed E-state index contributed by atoms with van der Waals surface area (Å²) in [6, 6.07) is 11.3. The first-order valence-electron chi connectivity index (χ1n) is 11.2. The standard InChI is InChI=1S/C24H29N5O3/c1-15-14-31-10-9-29(15)23-20-7-8-21(18-5-4-6-19(30)11-18)25-22(20)26-24(27-23)28-12-16(2)32-17(3)13-28/h4-8,11,15-17,30H,9-10,12-14H2,1-3H3/t15-,16-,17+/m0/s1. The van der Waals surface area contributed by atoms with E-state index in [0.29, 0.717) is 24.8 Å². The molecule has 0 unspecified atom stereocenters. The molecule has 0 amide bonds. The minimum atomic E-state index is 0.107. The number of ether oxygens (including phenoxy) is 2. The number of nitrogens with zero attached hydrogens (tertiary/aromatic N) is 5. The molecule has 2 fully saturated rings. The van der Waals surface area contributed by atoms with Crippen LogP contribution in [0, 0.1) is 0 Å². The van der Waals surface area contributed by atoms with E-state index in [1.165, 1.54) is 0 Å². The summed E-state index contributed by atoms with van der Waals surface area (Å²) in [5.74, 6) is 1.78. The number of rotatable bonds is 3. The number of benzene rings is 1. The Bertz CT molecular complexity index is 1110. The molecule has 4 heterocycles. The van der Waals surface area contributed by atoms with E-state index in [0.717, 1.165) is 42.1 Å². The van der Waals surface area contributed by atoms with Gasteiger partial charge in [0.05, 0.1) is 42.5 Å². The number of phenolic OH excluding ortho intramolecular Hbond substituents is 1. The SMILES string of the molecule is C[C@@H]1CN(c2nc(N3CCOC[C@@H]3C)c3ccc(-c4cccc(O)c4)nc3n2)C[C@H](C)O1.